The number of rotatable bonds is 6. The number of nitrogen functional groups attached to an aromatic ring is 1. The third kappa shape index (κ3) is 3.94. The third-order valence-corrected chi connectivity index (χ3v) is 3.27. The van der Waals surface area contributed by atoms with E-state index in [9.17, 15) is 4.79 Å². The van der Waals surface area contributed by atoms with Crippen molar-refractivity contribution < 1.29 is 4.79 Å². The lowest BCUT2D eigenvalue weighted by Gasteiger charge is -2.17. The predicted molar refractivity (Wildman–Crippen MR) is 89.0 cm³/mol. The van der Waals surface area contributed by atoms with Crippen molar-refractivity contribution in [1.29, 1.82) is 0 Å². The minimum absolute atomic E-state index is 0.182. The van der Waals surface area contributed by atoms with Gasteiger partial charge < -0.3 is 16.0 Å². The van der Waals surface area contributed by atoms with Crippen LogP contribution in [0.25, 0.3) is 0 Å². The molecule has 1 heterocycles. The molecule has 22 heavy (non-hydrogen) atoms. The summed E-state index contributed by atoms with van der Waals surface area (Å²) >= 11 is 0. The second-order valence-electron chi connectivity index (χ2n) is 5.06. The van der Waals surface area contributed by atoms with Gasteiger partial charge in [-0.15, -0.1) is 0 Å². The molecule has 0 fully saturated rings. The summed E-state index contributed by atoms with van der Waals surface area (Å²) in [5, 5.41) is 2.77. The average molecular weight is 299 g/mol. The van der Waals surface area contributed by atoms with Crippen molar-refractivity contribution in [3.05, 3.63) is 42.1 Å². The van der Waals surface area contributed by atoms with E-state index in [-0.39, 0.29) is 17.3 Å². The maximum Gasteiger partial charge on any atom is 0.260 e. The molecule has 6 heteroatoms. The van der Waals surface area contributed by atoms with E-state index >= 15 is 0 Å². The van der Waals surface area contributed by atoms with Gasteiger partial charge in [0.25, 0.3) is 5.91 Å². The second-order valence-corrected chi connectivity index (χ2v) is 5.06. The predicted octanol–water partition coefficient (Wildman–Crippen LogP) is 2.55. The Morgan fingerprint density at radius 2 is 2.05 bits per heavy atom. The van der Waals surface area contributed by atoms with E-state index in [4.69, 9.17) is 5.73 Å². The molecule has 0 saturated heterocycles. The van der Waals surface area contributed by atoms with Crippen LogP contribution in [0.2, 0.25) is 0 Å². The minimum atomic E-state index is -0.313. The summed E-state index contributed by atoms with van der Waals surface area (Å²) in [4.78, 5) is 22.6. The monoisotopic (exact) mass is 299 g/mol. The van der Waals surface area contributed by atoms with Crippen LogP contribution in [0.4, 0.5) is 17.5 Å². The van der Waals surface area contributed by atoms with Gasteiger partial charge in [0.1, 0.15) is 11.4 Å². The lowest BCUT2D eigenvalue weighted by Crippen LogP contribution is -2.23. The summed E-state index contributed by atoms with van der Waals surface area (Å²) in [6.45, 7) is 2.98. The first-order chi connectivity index (χ1) is 10.6. The Morgan fingerprint density at radius 1 is 1.32 bits per heavy atom. The van der Waals surface area contributed by atoms with E-state index in [0.717, 1.165) is 19.4 Å². The number of hydrogen-bond acceptors (Lipinski definition) is 5. The van der Waals surface area contributed by atoms with Crippen LogP contribution in [0.1, 0.15) is 30.1 Å². The van der Waals surface area contributed by atoms with Crippen molar-refractivity contribution in [3.63, 3.8) is 0 Å². The molecule has 0 aliphatic carbocycles. The summed E-state index contributed by atoms with van der Waals surface area (Å²) in [6, 6.07) is 9.19. The van der Waals surface area contributed by atoms with Crippen LogP contribution in [-0.4, -0.2) is 29.5 Å². The summed E-state index contributed by atoms with van der Waals surface area (Å²) in [5.74, 6) is 0.399. The summed E-state index contributed by atoms with van der Waals surface area (Å²) < 4.78 is 0. The number of hydrogen-bond donors (Lipinski definition) is 2. The number of nitrogens with zero attached hydrogens (tertiary/aromatic N) is 3. The zero-order chi connectivity index (χ0) is 15.9. The summed E-state index contributed by atoms with van der Waals surface area (Å²) in [6.07, 6.45) is 3.62. The fourth-order valence-electron chi connectivity index (χ4n) is 1.96. The number of carbonyl (C=O) groups is 1. The number of unbranched alkanes of at least 4 members (excludes halogenated alkanes) is 1. The first kappa shape index (κ1) is 15.8. The molecular formula is C16H21N5O. The van der Waals surface area contributed by atoms with Crippen LogP contribution in [0.15, 0.2) is 36.5 Å². The minimum Gasteiger partial charge on any atom is -0.383 e. The third-order valence-electron chi connectivity index (χ3n) is 3.27. The molecule has 0 unspecified atom stereocenters. The molecule has 1 aromatic carbocycles. The largest absolute Gasteiger partial charge is 0.383 e. The molecule has 0 saturated carbocycles. The molecule has 0 atom stereocenters. The maximum absolute atomic E-state index is 12.2. The fourth-order valence-corrected chi connectivity index (χ4v) is 1.96. The number of para-hydroxylation sites is 1. The number of amides is 1. The Bertz CT molecular complexity index is 630. The summed E-state index contributed by atoms with van der Waals surface area (Å²) in [7, 11) is 1.91. The van der Waals surface area contributed by atoms with Gasteiger partial charge in [-0.2, -0.15) is 4.98 Å². The quantitative estimate of drug-likeness (QED) is 0.856. The van der Waals surface area contributed by atoms with Crippen LogP contribution in [0, 0.1) is 0 Å². The molecule has 0 radical (unpaired) electrons. The van der Waals surface area contributed by atoms with Gasteiger partial charge in [0, 0.05) is 25.5 Å². The van der Waals surface area contributed by atoms with Crippen molar-refractivity contribution in [2.75, 3.05) is 29.5 Å². The van der Waals surface area contributed by atoms with Crippen LogP contribution < -0.4 is 16.0 Å². The van der Waals surface area contributed by atoms with Crippen LogP contribution in [0.5, 0.6) is 0 Å². The van der Waals surface area contributed by atoms with Crippen LogP contribution in [0.3, 0.4) is 0 Å². The molecule has 0 spiro atoms. The molecule has 1 amide bonds. The van der Waals surface area contributed by atoms with Gasteiger partial charge in [-0.3, -0.25) is 4.79 Å². The normalized spacial score (nSPS) is 10.3. The Balaban J connectivity index is 2.10. The number of anilines is 3. The van der Waals surface area contributed by atoms with E-state index in [1.807, 2.05) is 42.3 Å². The van der Waals surface area contributed by atoms with E-state index in [1.54, 1.807) is 0 Å². The number of carbonyl (C=O) groups excluding carboxylic acids is 1. The molecule has 2 rings (SSSR count). The van der Waals surface area contributed by atoms with Gasteiger partial charge in [0.2, 0.25) is 5.95 Å². The van der Waals surface area contributed by atoms with Crippen molar-refractivity contribution in [2.24, 2.45) is 0 Å². The van der Waals surface area contributed by atoms with Crippen molar-refractivity contribution >= 4 is 23.4 Å². The Labute approximate surface area is 130 Å². The molecule has 0 aliphatic rings. The lowest BCUT2D eigenvalue weighted by atomic mass is 10.2. The van der Waals surface area contributed by atoms with Crippen molar-refractivity contribution in [2.45, 2.75) is 19.8 Å². The number of aromatic nitrogens is 2. The van der Waals surface area contributed by atoms with Gasteiger partial charge in [-0.25, -0.2) is 4.98 Å². The van der Waals surface area contributed by atoms with E-state index in [0.29, 0.717) is 11.6 Å². The van der Waals surface area contributed by atoms with E-state index in [2.05, 4.69) is 22.2 Å². The molecule has 3 N–H and O–H groups in total. The Morgan fingerprint density at radius 3 is 2.68 bits per heavy atom. The highest BCUT2D eigenvalue weighted by molar-refractivity contribution is 6.07. The zero-order valence-electron chi connectivity index (χ0n) is 12.9. The van der Waals surface area contributed by atoms with Gasteiger partial charge >= 0.3 is 0 Å². The molecule has 0 bridgehead atoms. The summed E-state index contributed by atoms with van der Waals surface area (Å²) in [5.41, 5.74) is 6.88. The van der Waals surface area contributed by atoms with Gasteiger partial charge in [-0.05, 0) is 18.6 Å². The van der Waals surface area contributed by atoms with Crippen LogP contribution >= 0.6 is 0 Å². The topological polar surface area (TPSA) is 84.1 Å². The van der Waals surface area contributed by atoms with Crippen molar-refractivity contribution in [3.8, 4) is 0 Å². The first-order valence-corrected chi connectivity index (χ1v) is 7.32. The first-order valence-electron chi connectivity index (χ1n) is 7.32. The fraction of sp³-hybridized carbons (Fsp3) is 0.312. The highest BCUT2D eigenvalue weighted by atomic mass is 16.1. The number of nitrogens with two attached hydrogens (primary N) is 1. The Kier molecular flexibility index (Phi) is 5.30. The molecule has 116 valence electrons. The van der Waals surface area contributed by atoms with Gasteiger partial charge in [0.15, 0.2) is 0 Å². The smallest absolute Gasteiger partial charge is 0.260 e. The SMILES string of the molecule is CCCCN(C)c1ncc(C(=O)Nc2ccccc2)c(N)n1. The highest BCUT2D eigenvalue weighted by Crippen LogP contribution is 2.15. The van der Waals surface area contributed by atoms with E-state index in [1.165, 1.54) is 6.20 Å². The number of nitrogens with one attached hydrogen (secondary N) is 1. The van der Waals surface area contributed by atoms with E-state index < -0.39 is 0 Å². The Hall–Kier alpha value is -2.63. The average Bonchev–Trinajstić information content (AvgIpc) is 2.53. The molecular weight excluding hydrogens is 278 g/mol. The zero-order valence-corrected chi connectivity index (χ0v) is 12.9. The highest BCUT2D eigenvalue weighted by Gasteiger charge is 2.14. The van der Waals surface area contributed by atoms with Gasteiger partial charge in [-0.1, -0.05) is 31.5 Å². The van der Waals surface area contributed by atoms with Gasteiger partial charge in [0.05, 0.1) is 0 Å². The van der Waals surface area contributed by atoms with Crippen LogP contribution in [-0.2, 0) is 0 Å². The number of benzene rings is 1. The molecule has 2 aromatic rings. The van der Waals surface area contributed by atoms with Crippen molar-refractivity contribution in [1.82, 2.24) is 9.97 Å². The second kappa shape index (κ2) is 7.40. The maximum atomic E-state index is 12.2. The molecule has 1 aromatic heterocycles. The molecule has 6 nitrogen and oxygen atoms in total. The molecule has 0 aliphatic heterocycles. The standard InChI is InChI=1S/C16H21N5O/c1-3-4-10-21(2)16-18-11-13(14(17)20-16)15(22)19-12-8-6-5-7-9-12/h5-9,11H,3-4,10H2,1-2H3,(H,19,22)(H2,17,18,20). The lowest BCUT2D eigenvalue weighted by molar-refractivity contribution is 0.102.